The molecule has 3 aromatic rings. The van der Waals surface area contributed by atoms with E-state index < -0.39 is 0 Å². The lowest BCUT2D eigenvalue weighted by molar-refractivity contribution is -0.113. The summed E-state index contributed by atoms with van der Waals surface area (Å²) in [5.74, 6) is 2.76. The molecular formula is C27H26N2O5. The minimum atomic E-state index is -0.250. The van der Waals surface area contributed by atoms with Gasteiger partial charge in [0, 0.05) is 11.1 Å². The zero-order valence-electron chi connectivity index (χ0n) is 19.6. The van der Waals surface area contributed by atoms with Crippen molar-refractivity contribution < 1.29 is 23.7 Å². The van der Waals surface area contributed by atoms with E-state index in [9.17, 15) is 4.79 Å². The smallest absolute Gasteiger partial charge is 0.282 e. The zero-order chi connectivity index (χ0) is 24.1. The molecule has 0 aliphatic carbocycles. The summed E-state index contributed by atoms with van der Waals surface area (Å²) >= 11 is 0. The first-order valence-corrected chi connectivity index (χ1v) is 10.8. The lowest BCUT2D eigenvalue weighted by atomic mass is 10.1. The maximum absolute atomic E-state index is 13.6. The second kappa shape index (κ2) is 10.1. The predicted molar refractivity (Wildman–Crippen MR) is 132 cm³/mol. The van der Waals surface area contributed by atoms with Gasteiger partial charge in [0.1, 0.15) is 23.0 Å². The Labute approximate surface area is 198 Å². The Morgan fingerprint density at radius 1 is 0.853 bits per heavy atom. The second-order valence-electron chi connectivity index (χ2n) is 7.34. The van der Waals surface area contributed by atoms with Gasteiger partial charge in [-0.3, -0.25) is 9.69 Å². The fraction of sp³-hybridized carbons (Fsp3) is 0.185. The highest BCUT2D eigenvalue weighted by Gasteiger charge is 2.33. The summed E-state index contributed by atoms with van der Waals surface area (Å²) in [6.45, 7) is 2.49. The molecule has 34 heavy (non-hydrogen) atoms. The molecule has 7 nitrogen and oxygen atoms in total. The average Bonchev–Trinajstić information content (AvgIpc) is 3.20. The van der Waals surface area contributed by atoms with Gasteiger partial charge >= 0.3 is 0 Å². The largest absolute Gasteiger partial charge is 0.496 e. The van der Waals surface area contributed by atoms with E-state index in [4.69, 9.17) is 23.9 Å². The van der Waals surface area contributed by atoms with Gasteiger partial charge < -0.3 is 18.9 Å². The van der Waals surface area contributed by atoms with Gasteiger partial charge in [0.05, 0.1) is 33.6 Å². The molecule has 4 rings (SSSR count). The summed E-state index contributed by atoms with van der Waals surface area (Å²) in [4.78, 5) is 19.9. The van der Waals surface area contributed by atoms with Crippen LogP contribution in [-0.2, 0) is 4.79 Å². The van der Waals surface area contributed by atoms with Crippen molar-refractivity contribution in [1.82, 2.24) is 0 Å². The maximum atomic E-state index is 13.6. The van der Waals surface area contributed by atoms with Gasteiger partial charge in [-0.05, 0) is 61.5 Å². The third-order valence-electron chi connectivity index (χ3n) is 5.34. The Kier molecular flexibility index (Phi) is 6.82. The van der Waals surface area contributed by atoms with Crippen LogP contribution in [0.3, 0.4) is 0 Å². The van der Waals surface area contributed by atoms with Crippen molar-refractivity contribution in [2.45, 2.75) is 6.92 Å². The molecule has 0 bridgehead atoms. The summed E-state index contributed by atoms with van der Waals surface area (Å²) < 4.78 is 21.8. The maximum Gasteiger partial charge on any atom is 0.282 e. The predicted octanol–water partition coefficient (Wildman–Crippen LogP) is 4.95. The summed E-state index contributed by atoms with van der Waals surface area (Å²) in [6, 6.07) is 20.3. The number of amidine groups is 1. The number of rotatable bonds is 8. The SMILES string of the molecule is CCOc1ccc(N2C(=O)/C(=C\c3ccccc3OC)N=C2c2ccc(OC)c(OC)c2)cc1. The fourth-order valence-corrected chi connectivity index (χ4v) is 3.72. The highest BCUT2D eigenvalue weighted by molar-refractivity contribution is 6.33. The Balaban J connectivity index is 1.83. The van der Waals surface area contributed by atoms with Gasteiger partial charge in [-0.2, -0.15) is 0 Å². The monoisotopic (exact) mass is 458 g/mol. The standard InChI is InChI=1S/C27H26N2O5/c1-5-34-21-13-11-20(12-14-21)29-26(19-10-15-24(32-3)25(17-19)33-4)28-22(27(29)30)16-18-8-6-7-9-23(18)31-2/h6-17H,5H2,1-4H3/b22-16+. The molecule has 7 heteroatoms. The number of ether oxygens (including phenoxy) is 4. The molecule has 0 fully saturated rings. The van der Waals surface area contributed by atoms with Gasteiger partial charge in [-0.15, -0.1) is 0 Å². The molecule has 0 aromatic heterocycles. The van der Waals surface area contributed by atoms with E-state index in [1.165, 1.54) is 0 Å². The molecule has 1 amide bonds. The fourth-order valence-electron chi connectivity index (χ4n) is 3.72. The van der Waals surface area contributed by atoms with Gasteiger partial charge in [0.25, 0.3) is 5.91 Å². The molecule has 1 aliphatic heterocycles. The normalized spacial score (nSPS) is 14.2. The molecule has 1 heterocycles. The number of nitrogens with zero attached hydrogens (tertiary/aromatic N) is 2. The first-order chi connectivity index (χ1) is 16.6. The van der Waals surface area contributed by atoms with Crippen molar-refractivity contribution in [3.8, 4) is 23.0 Å². The number of benzene rings is 3. The van der Waals surface area contributed by atoms with Crippen molar-refractivity contribution in [3.63, 3.8) is 0 Å². The van der Waals surface area contributed by atoms with Crippen molar-refractivity contribution in [2.24, 2.45) is 4.99 Å². The lowest BCUT2D eigenvalue weighted by Crippen LogP contribution is -2.32. The molecule has 0 unspecified atom stereocenters. The van der Waals surface area contributed by atoms with Gasteiger partial charge in [-0.1, -0.05) is 18.2 Å². The van der Waals surface area contributed by atoms with E-state index >= 15 is 0 Å². The van der Waals surface area contributed by atoms with Crippen molar-refractivity contribution >= 4 is 23.5 Å². The highest BCUT2D eigenvalue weighted by atomic mass is 16.5. The molecule has 0 radical (unpaired) electrons. The molecule has 0 saturated carbocycles. The summed E-state index contributed by atoms with van der Waals surface area (Å²) in [6.07, 6.45) is 1.73. The van der Waals surface area contributed by atoms with Crippen LogP contribution in [0.4, 0.5) is 5.69 Å². The van der Waals surface area contributed by atoms with Gasteiger partial charge in [0.2, 0.25) is 0 Å². The van der Waals surface area contributed by atoms with Crippen molar-refractivity contribution in [3.05, 3.63) is 83.6 Å². The molecule has 0 spiro atoms. The van der Waals surface area contributed by atoms with Crippen LogP contribution in [0.2, 0.25) is 0 Å². The van der Waals surface area contributed by atoms with Crippen LogP contribution < -0.4 is 23.8 Å². The topological polar surface area (TPSA) is 69.6 Å². The van der Waals surface area contributed by atoms with E-state index in [1.807, 2.05) is 61.5 Å². The zero-order valence-corrected chi connectivity index (χ0v) is 19.6. The molecule has 174 valence electrons. The van der Waals surface area contributed by atoms with Gasteiger partial charge in [0.15, 0.2) is 11.5 Å². The third kappa shape index (κ3) is 4.45. The number of hydrogen-bond donors (Lipinski definition) is 0. The van der Waals surface area contributed by atoms with Gasteiger partial charge in [-0.25, -0.2) is 4.99 Å². The van der Waals surface area contributed by atoms with Crippen molar-refractivity contribution in [1.29, 1.82) is 0 Å². The second-order valence-corrected chi connectivity index (χ2v) is 7.34. The van der Waals surface area contributed by atoms with E-state index in [0.29, 0.717) is 46.6 Å². The van der Waals surface area contributed by atoms with Crippen LogP contribution in [0, 0.1) is 0 Å². The number of methoxy groups -OCH3 is 3. The van der Waals surface area contributed by atoms with Crippen LogP contribution in [0.5, 0.6) is 23.0 Å². The Morgan fingerprint density at radius 2 is 1.56 bits per heavy atom. The number of hydrogen-bond acceptors (Lipinski definition) is 6. The first kappa shape index (κ1) is 22.9. The van der Waals surface area contributed by atoms with Crippen molar-refractivity contribution in [2.75, 3.05) is 32.8 Å². The van der Waals surface area contributed by atoms with E-state index in [2.05, 4.69) is 0 Å². The Morgan fingerprint density at radius 3 is 2.24 bits per heavy atom. The molecule has 0 N–H and O–H groups in total. The Hall–Kier alpha value is -4.26. The lowest BCUT2D eigenvalue weighted by Gasteiger charge is -2.19. The summed E-state index contributed by atoms with van der Waals surface area (Å²) in [5.41, 5.74) is 2.44. The minimum Gasteiger partial charge on any atom is -0.496 e. The van der Waals surface area contributed by atoms with E-state index in [-0.39, 0.29) is 5.91 Å². The van der Waals surface area contributed by atoms with Crippen LogP contribution in [0.15, 0.2) is 77.4 Å². The Bertz CT molecular complexity index is 1250. The quantitative estimate of drug-likeness (QED) is 0.447. The van der Waals surface area contributed by atoms with Crippen LogP contribution in [-0.4, -0.2) is 39.7 Å². The number of carbonyl (C=O) groups excluding carboxylic acids is 1. The number of carbonyl (C=O) groups is 1. The molecule has 1 aliphatic rings. The van der Waals surface area contributed by atoms with Crippen LogP contribution in [0.1, 0.15) is 18.1 Å². The number of aliphatic imine (C=N–C) groups is 1. The molecule has 0 atom stereocenters. The molecular weight excluding hydrogens is 432 g/mol. The van der Waals surface area contributed by atoms with Crippen LogP contribution in [0.25, 0.3) is 6.08 Å². The number of anilines is 1. The van der Waals surface area contributed by atoms with Crippen LogP contribution >= 0.6 is 0 Å². The number of amides is 1. The summed E-state index contributed by atoms with van der Waals surface area (Å²) in [5, 5.41) is 0. The minimum absolute atomic E-state index is 0.250. The average molecular weight is 459 g/mol. The molecule has 0 saturated heterocycles. The van der Waals surface area contributed by atoms with E-state index in [1.54, 1.807) is 44.4 Å². The number of para-hydroxylation sites is 1. The highest BCUT2D eigenvalue weighted by Crippen LogP contribution is 2.34. The third-order valence-corrected chi connectivity index (χ3v) is 5.34. The molecule has 3 aromatic carbocycles. The van der Waals surface area contributed by atoms with E-state index in [0.717, 1.165) is 11.3 Å². The summed E-state index contributed by atoms with van der Waals surface area (Å²) in [7, 11) is 4.74. The first-order valence-electron chi connectivity index (χ1n) is 10.8.